The molecule has 1 saturated heterocycles. The van der Waals surface area contributed by atoms with Gasteiger partial charge in [0.15, 0.2) is 23.3 Å². The van der Waals surface area contributed by atoms with Crippen LogP contribution in [0.5, 0.6) is 11.5 Å². The van der Waals surface area contributed by atoms with Crippen LogP contribution >= 0.6 is 11.8 Å². The number of amidine groups is 1. The van der Waals surface area contributed by atoms with E-state index in [9.17, 15) is 9.59 Å². The molecule has 8 heteroatoms. The molecule has 1 amide bonds. The number of aliphatic carboxylic acids is 1. The highest BCUT2D eigenvalue weighted by Crippen LogP contribution is 2.39. The van der Waals surface area contributed by atoms with Crippen molar-refractivity contribution in [3.05, 3.63) is 101 Å². The lowest BCUT2D eigenvalue weighted by molar-refractivity contribution is -0.139. The van der Waals surface area contributed by atoms with Crippen LogP contribution in [-0.2, 0) is 16.0 Å². The van der Waals surface area contributed by atoms with Crippen LogP contribution in [0.2, 0.25) is 0 Å². The van der Waals surface area contributed by atoms with Gasteiger partial charge in [0, 0.05) is 5.56 Å². The zero-order valence-corrected chi connectivity index (χ0v) is 21.1. The topological polar surface area (TPSA) is 88.4 Å². The van der Waals surface area contributed by atoms with Gasteiger partial charge in [-0.2, -0.15) is 0 Å². The fourth-order valence-electron chi connectivity index (χ4n) is 3.75. The second-order valence-electron chi connectivity index (χ2n) is 7.93. The number of benzene rings is 3. The molecular formula is C29H26N2O5S. The quantitative estimate of drug-likeness (QED) is 0.260. The summed E-state index contributed by atoms with van der Waals surface area (Å²) in [5.74, 6) is -0.518. The lowest BCUT2D eigenvalue weighted by atomic mass is 10.0. The van der Waals surface area contributed by atoms with Gasteiger partial charge in [0.2, 0.25) is 0 Å². The predicted molar refractivity (Wildman–Crippen MR) is 148 cm³/mol. The first-order chi connectivity index (χ1) is 18.0. The van der Waals surface area contributed by atoms with E-state index in [0.29, 0.717) is 45.7 Å². The van der Waals surface area contributed by atoms with Crippen LogP contribution < -0.4 is 14.4 Å². The van der Waals surface area contributed by atoms with Crippen LogP contribution in [0.25, 0.3) is 6.08 Å². The first-order valence-corrected chi connectivity index (χ1v) is 12.5. The number of carboxylic acid groups (broad SMARTS) is 1. The number of aliphatic imine (C=N–C) groups is 1. The Morgan fingerprint density at radius 3 is 2.43 bits per heavy atom. The molecule has 0 radical (unpaired) electrons. The lowest BCUT2D eigenvalue weighted by Crippen LogP contribution is -2.28. The number of carbonyl (C=O) groups excluding carboxylic acids is 1. The summed E-state index contributed by atoms with van der Waals surface area (Å²) in [6.45, 7) is 5.50. The number of allylic oxidation sites excluding steroid dienone is 1. The predicted octanol–water partition coefficient (Wildman–Crippen LogP) is 6.09. The summed E-state index contributed by atoms with van der Waals surface area (Å²) >= 11 is 1.29. The van der Waals surface area contributed by atoms with Gasteiger partial charge < -0.3 is 14.6 Å². The number of carbonyl (C=O) groups is 2. The molecule has 0 saturated carbocycles. The Kier molecular flexibility index (Phi) is 8.43. The highest BCUT2D eigenvalue weighted by Gasteiger charge is 2.34. The molecule has 1 aliphatic heterocycles. The van der Waals surface area contributed by atoms with Crippen molar-refractivity contribution in [1.82, 2.24) is 0 Å². The van der Waals surface area contributed by atoms with Crippen molar-refractivity contribution in [2.24, 2.45) is 4.99 Å². The van der Waals surface area contributed by atoms with Crippen molar-refractivity contribution in [3.8, 4) is 11.5 Å². The number of hydrogen-bond donors (Lipinski definition) is 1. The standard InChI is InChI=1S/C29H26N2O5S/c1-3-11-21-16-20(17-24(35-4-2)27(21)36-19-26(32)33)18-25-28(34)31(23-14-9-6-10-15-23)29(37-25)30-22-12-7-5-8-13-22/h3,5-10,12-18H,1,4,11,19H2,2H3,(H,32,33)/b25-18+,30-29?. The molecule has 1 aliphatic rings. The average Bonchev–Trinajstić information content (AvgIpc) is 3.19. The number of anilines is 1. The highest BCUT2D eigenvalue weighted by molar-refractivity contribution is 8.19. The van der Waals surface area contributed by atoms with E-state index in [1.54, 1.807) is 23.1 Å². The Labute approximate surface area is 219 Å². The summed E-state index contributed by atoms with van der Waals surface area (Å²) in [5.41, 5.74) is 2.89. The number of rotatable bonds is 10. The Bertz CT molecular complexity index is 1350. The van der Waals surface area contributed by atoms with E-state index in [2.05, 4.69) is 6.58 Å². The number of ether oxygens (including phenoxy) is 2. The third kappa shape index (κ3) is 6.29. The number of carboxylic acids is 1. The number of nitrogens with zero attached hydrogens (tertiary/aromatic N) is 2. The summed E-state index contributed by atoms with van der Waals surface area (Å²) in [5, 5.41) is 9.64. The van der Waals surface area contributed by atoms with Crippen LogP contribution in [0.15, 0.2) is 95.3 Å². The molecule has 4 rings (SSSR count). The van der Waals surface area contributed by atoms with Crippen molar-refractivity contribution in [3.63, 3.8) is 0 Å². The fourth-order valence-corrected chi connectivity index (χ4v) is 4.75. The van der Waals surface area contributed by atoms with E-state index in [1.807, 2.05) is 73.7 Å². The van der Waals surface area contributed by atoms with Crippen LogP contribution in [0.1, 0.15) is 18.1 Å². The van der Waals surface area contributed by atoms with Gasteiger partial charge in [0.05, 0.1) is 22.9 Å². The molecule has 1 N–H and O–H groups in total. The molecule has 0 aromatic heterocycles. The Morgan fingerprint density at radius 2 is 1.78 bits per heavy atom. The molecule has 0 spiro atoms. The average molecular weight is 515 g/mol. The van der Waals surface area contributed by atoms with Crippen molar-refractivity contribution in [2.75, 3.05) is 18.1 Å². The number of hydrogen-bond acceptors (Lipinski definition) is 6. The molecule has 3 aromatic carbocycles. The lowest BCUT2D eigenvalue weighted by Gasteiger charge is -2.16. The maximum Gasteiger partial charge on any atom is 0.341 e. The molecule has 37 heavy (non-hydrogen) atoms. The van der Waals surface area contributed by atoms with Crippen molar-refractivity contribution >= 4 is 46.3 Å². The van der Waals surface area contributed by atoms with Crippen LogP contribution in [0, 0.1) is 0 Å². The number of para-hydroxylation sites is 2. The van der Waals surface area contributed by atoms with E-state index in [4.69, 9.17) is 19.6 Å². The Morgan fingerprint density at radius 1 is 1.08 bits per heavy atom. The fraction of sp³-hybridized carbons (Fsp3) is 0.138. The highest BCUT2D eigenvalue weighted by atomic mass is 32.2. The van der Waals surface area contributed by atoms with E-state index >= 15 is 0 Å². The minimum atomic E-state index is -1.09. The first-order valence-electron chi connectivity index (χ1n) is 11.7. The van der Waals surface area contributed by atoms with Gasteiger partial charge in [0.1, 0.15) is 0 Å². The molecule has 0 bridgehead atoms. The normalized spacial score (nSPS) is 15.3. The summed E-state index contributed by atoms with van der Waals surface area (Å²) in [4.78, 5) is 31.5. The monoisotopic (exact) mass is 514 g/mol. The first kappa shape index (κ1) is 25.8. The van der Waals surface area contributed by atoms with E-state index < -0.39 is 12.6 Å². The van der Waals surface area contributed by atoms with Gasteiger partial charge in [-0.15, -0.1) is 6.58 Å². The van der Waals surface area contributed by atoms with Gasteiger partial charge in [-0.3, -0.25) is 9.69 Å². The molecule has 3 aromatic rings. The minimum absolute atomic E-state index is 0.194. The second kappa shape index (κ2) is 12.1. The Hall–Kier alpha value is -4.30. The van der Waals surface area contributed by atoms with Crippen molar-refractivity contribution in [1.29, 1.82) is 0 Å². The van der Waals surface area contributed by atoms with Crippen LogP contribution in [0.3, 0.4) is 0 Å². The molecule has 0 aliphatic carbocycles. The van der Waals surface area contributed by atoms with Crippen molar-refractivity contribution < 1.29 is 24.2 Å². The molecule has 1 heterocycles. The molecule has 7 nitrogen and oxygen atoms in total. The number of thioether (sulfide) groups is 1. The van der Waals surface area contributed by atoms with Crippen LogP contribution in [-0.4, -0.2) is 35.4 Å². The van der Waals surface area contributed by atoms with E-state index in [-0.39, 0.29) is 5.91 Å². The van der Waals surface area contributed by atoms with Gasteiger partial charge in [0.25, 0.3) is 5.91 Å². The van der Waals surface area contributed by atoms with Crippen LogP contribution in [0.4, 0.5) is 11.4 Å². The SMILES string of the molecule is C=CCc1cc(/C=C2/SC(=Nc3ccccc3)N(c3ccccc3)C2=O)cc(OCC)c1OCC(=O)O. The molecule has 188 valence electrons. The van der Waals surface area contributed by atoms with Gasteiger partial charge >= 0.3 is 5.97 Å². The van der Waals surface area contributed by atoms with Gasteiger partial charge in [-0.25, -0.2) is 9.79 Å². The molecular weight excluding hydrogens is 488 g/mol. The van der Waals surface area contributed by atoms with E-state index in [1.165, 1.54) is 11.8 Å². The number of amides is 1. The largest absolute Gasteiger partial charge is 0.490 e. The third-order valence-electron chi connectivity index (χ3n) is 5.26. The van der Waals surface area contributed by atoms with E-state index in [0.717, 1.165) is 11.4 Å². The molecule has 0 unspecified atom stereocenters. The smallest absolute Gasteiger partial charge is 0.341 e. The van der Waals surface area contributed by atoms with Gasteiger partial charge in [-0.05, 0) is 73.1 Å². The van der Waals surface area contributed by atoms with Crippen molar-refractivity contribution in [2.45, 2.75) is 13.3 Å². The zero-order valence-electron chi connectivity index (χ0n) is 20.3. The molecule has 1 fully saturated rings. The molecule has 0 atom stereocenters. The summed E-state index contributed by atoms with van der Waals surface area (Å²) < 4.78 is 11.3. The summed E-state index contributed by atoms with van der Waals surface area (Å²) in [6.07, 6.45) is 3.92. The van der Waals surface area contributed by atoms with Gasteiger partial charge in [-0.1, -0.05) is 42.5 Å². The summed E-state index contributed by atoms with van der Waals surface area (Å²) in [7, 11) is 0. The second-order valence-corrected chi connectivity index (χ2v) is 8.94. The maximum absolute atomic E-state index is 13.6. The maximum atomic E-state index is 13.6. The summed E-state index contributed by atoms with van der Waals surface area (Å²) in [6, 6.07) is 22.4. The Balaban J connectivity index is 1.77. The zero-order chi connectivity index (χ0) is 26.2. The third-order valence-corrected chi connectivity index (χ3v) is 6.23. The minimum Gasteiger partial charge on any atom is -0.490 e.